The van der Waals surface area contributed by atoms with Crippen molar-refractivity contribution in [1.82, 2.24) is 10.1 Å². The summed E-state index contributed by atoms with van der Waals surface area (Å²) in [6.07, 6.45) is -4.70. The van der Waals surface area contributed by atoms with E-state index in [0.29, 0.717) is 5.56 Å². The lowest BCUT2D eigenvalue weighted by Gasteiger charge is -2.11. The second-order valence-electron chi connectivity index (χ2n) is 5.04. The van der Waals surface area contributed by atoms with Crippen LogP contribution in [-0.2, 0) is 12.7 Å². The van der Waals surface area contributed by atoms with E-state index in [1.165, 1.54) is 19.2 Å². The number of ether oxygens (including phenoxy) is 1. The summed E-state index contributed by atoms with van der Waals surface area (Å²) >= 11 is 0. The van der Waals surface area contributed by atoms with E-state index in [2.05, 4.69) is 20.0 Å². The van der Waals surface area contributed by atoms with Crippen LogP contribution in [0.15, 0.2) is 38.4 Å². The van der Waals surface area contributed by atoms with Gasteiger partial charge in [0, 0.05) is 12.1 Å². The van der Waals surface area contributed by atoms with Crippen molar-refractivity contribution in [3.8, 4) is 17.1 Å². The number of aromatic nitrogens is 2. The Labute approximate surface area is 137 Å². The zero-order chi connectivity index (χ0) is 18.2. The molecule has 10 heteroatoms. The van der Waals surface area contributed by atoms with E-state index in [1.807, 2.05) is 0 Å². The number of rotatable bonds is 5. The Morgan fingerprint density at radius 1 is 1.16 bits per heavy atom. The van der Waals surface area contributed by atoms with Crippen LogP contribution in [0.4, 0.5) is 18.9 Å². The monoisotopic (exact) mass is 353 g/mol. The molecular formula is C15H10F3N3O4. The van der Waals surface area contributed by atoms with Crippen molar-refractivity contribution in [2.75, 3.05) is 12.4 Å². The van der Waals surface area contributed by atoms with Gasteiger partial charge >= 0.3 is 12.1 Å². The molecule has 0 radical (unpaired) electrons. The number of benzene rings is 1. The molecule has 0 saturated carbocycles. The van der Waals surface area contributed by atoms with E-state index >= 15 is 0 Å². The molecule has 0 amide bonds. The van der Waals surface area contributed by atoms with Gasteiger partial charge in [0.15, 0.2) is 5.75 Å². The summed E-state index contributed by atoms with van der Waals surface area (Å²) in [6.45, 7) is 0.224. The van der Waals surface area contributed by atoms with Gasteiger partial charge in [0.1, 0.15) is 5.69 Å². The second kappa shape index (κ2) is 6.04. The lowest BCUT2D eigenvalue weighted by molar-refractivity contribution is -0.159. The number of hydrogen-bond donors (Lipinski definition) is 1. The molecule has 3 rings (SSSR count). The third-order valence-electron chi connectivity index (χ3n) is 3.42. The quantitative estimate of drug-likeness (QED) is 0.701. The average molecular weight is 353 g/mol. The predicted octanol–water partition coefficient (Wildman–Crippen LogP) is 1.97. The highest BCUT2D eigenvalue weighted by atomic mass is 19.4. The topological polar surface area (TPSA) is 94.3 Å². The molecule has 0 saturated heterocycles. The Balaban J connectivity index is 1.70. The molecule has 0 aliphatic heterocycles. The number of nitrogens with zero attached hydrogens (tertiary/aromatic N) is 2. The second-order valence-corrected chi connectivity index (χ2v) is 5.04. The van der Waals surface area contributed by atoms with E-state index < -0.39 is 22.9 Å². The summed E-state index contributed by atoms with van der Waals surface area (Å²) in [5.41, 5.74) is -0.171. The Hall–Kier alpha value is -3.17. The van der Waals surface area contributed by atoms with Gasteiger partial charge in [0.2, 0.25) is 5.82 Å². The third-order valence-corrected chi connectivity index (χ3v) is 3.42. The Bertz CT molecular complexity index is 969. The molecule has 7 nitrogen and oxygen atoms in total. The summed E-state index contributed by atoms with van der Waals surface area (Å²) in [4.78, 5) is 25.9. The van der Waals surface area contributed by atoms with Crippen LogP contribution in [0.3, 0.4) is 0 Å². The van der Waals surface area contributed by atoms with Gasteiger partial charge in [-0.15, -0.1) is 0 Å². The van der Waals surface area contributed by atoms with Crippen molar-refractivity contribution >= 4 is 5.69 Å². The highest BCUT2D eigenvalue weighted by Gasteiger charge is 2.38. The first-order valence-electron chi connectivity index (χ1n) is 6.92. The molecule has 0 bridgehead atoms. The number of nitrogens with one attached hydrogen (secondary N) is 1. The van der Waals surface area contributed by atoms with Crippen molar-refractivity contribution < 1.29 is 22.4 Å². The highest BCUT2D eigenvalue weighted by Crippen LogP contribution is 2.29. The molecule has 3 aromatic rings. The first-order chi connectivity index (χ1) is 11.8. The molecule has 0 aliphatic rings. The SMILES string of the molecule is COc1c(NCc2ccc(-c3noc(C(F)(F)F)n3)cc2)c(=O)c1=O. The number of halogens is 3. The molecule has 1 heterocycles. The Morgan fingerprint density at radius 2 is 1.84 bits per heavy atom. The van der Waals surface area contributed by atoms with Crippen molar-refractivity contribution in [2.24, 2.45) is 0 Å². The summed E-state index contributed by atoms with van der Waals surface area (Å²) in [6, 6.07) is 6.26. The molecule has 0 fully saturated rings. The van der Waals surface area contributed by atoms with Crippen molar-refractivity contribution in [3.05, 3.63) is 56.2 Å². The normalized spacial score (nSPS) is 11.7. The fraction of sp³-hybridized carbons (Fsp3) is 0.200. The van der Waals surface area contributed by atoms with Crippen LogP contribution in [-0.4, -0.2) is 17.3 Å². The van der Waals surface area contributed by atoms with Crippen LogP contribution < -0.4 is 20.9 Å². The molecule has 2 aromatic carbocycles. The van der Waals surface area contributed by atoms with Crippen LogP contribution >= 0.6 is 0 Å². The lowest BCUT2D eigenvalue weighted by Crippen LogP contribution is -2.35. The molecule has 1 aromatic heterocycles. The van der Waals surface area contributed by atoms with Gasteiger partial charge in [-0.25, -0.2) is 0 Å². The number of methoxy groups -OCH3 is 1. The van der Waals surface area contributed by atoms with Gasteiger partial charge in [-0.05, 0) is 5.56 Å². The first kappa shape index (κ1) is 16.7. The fourth-order valence-corrected chi connectivity index (χ4v) is 2.14. The molecular weight excluding hydrogens is 343 g/mol. The Kier molecular flexibility index (Phi) is 4.03. The van der Waals surface area contributed by atoms with Gasteiger partial charge in [0.25, 0.3) is 10.9 Å². The standard InChI is InChI=1S/C15H10F3N3O4/c1-24-12-9(10(22)11(12)23)19-6-7-2-4-8(5-3-7)13-20-14(25-21-13)15(16,17)18/h2-5,19H,6H2,1H3. The van der Waals surface area contributed by atoms with Crippen LogP contribution in [0.5, 0.6) is 5.75 Å². The molecule has 130 valence electrons. The van der Waals surface area contributed by atoms with Crippen LogP contribution in [0.2, 0.25) is 0 Å². The van der Waals surface area contributed by atoms with Crippen LogP contribution in [0.1, 0.15) is 11.5 Å². The predicted molar refractivity (Wildman–Crippen MR) is 80.0 cm³/mol. The summed E-state index contributed by atoms with van der Waals surface area (Å²) < 4.78 is 46.3. The summed E-state index contributed by atoms with van der Waals surface area (Å²) in [5.74, 6) is -1.62. The van der Waals surface area contributed by atoms with Crippen LogP contribution in [0.25, 0.3) is 11.4 Å². The smallest absolute Gasteiger partial charge is 0.471 e. The average Bonchev–Trinajstić information content (AvgIpc) is 3.08. The van der Waals surface area contributed by atoms with Gasteiger partial charge in [0.05, 0.1) is 7.11 Å². The minimum Gasteiger partial charge on any atom is -0.491 e. The van der Waals surface area contributed by atoms with Gasteiger partial charge < -0.3 is 14.6 Å². The van der Waals surface area contributed by atoms with Crippen molar-refractivity contribution in [2.45, 2.75) is 12.7 Å². The number of hydrogen-bond acceptors (Lipinski definition) is 7. The molecule has 0 aliphatic carbocycles. The molecule has 0 spiro atoms. The number of alkyl halides is 3. The third kappa shape index (κ3) is 3.10. The maximum atomic E-state index is 12.4. The van der Waals surface area contributed by atoms with E-state index in [1.54, 1.807) is 12.1 Å². The number of anilines is 1. The summed E-state index contributed by atoms with van der Waals surface area (Å²) in [7, 11) is 1.29. The zero-order valence-corrected chi connectivity index (χ0v) is 12.7. The molecule has 0 atom stereocenters. The maximum Gasteiger partial charge on any atom is 0.471 e. The largest absolute Gasteiger partial charge is 0.491 e. The molecule has 0 unspecified atom stereocenters. The van der Waals surface area contributed by atoms with Gasteiger partial charge in [-0.1, -0.05) is 29.4 Å². The zero-order valence-electron chi connectivity index (χ0n) is 12.7. The minimum absolute atomic E-state index is 0.0203. The molecule has 1 N–H and O–H groups in total. The minimum atomic E-state index is -4.70. The van der Waals surface area contributed by atoms with E-state index in [-0.39, 0.29) is 23.8 Å². The summed E-state index contributed by atoms with van der Waals surface area (Å²) in [5, 5.41) is 6.08. The maximum absolute atomic E-state index is 12.4. The van der Waals surface area contributed by atoms with E-state index in [4.69, 9.17) is 4.74 Å². The fourth-order valence-electron chi connectivity index (χ4n) is 2.14. The highest BCUT2D eigenvalue weighted by molar-refractivity contribution is 5.62. The van der Waals surface area contributed by atoms with Gasteiger partial charge in [-0.2, -0.15) is 18.2 Å². The van der Waals surface area contributed by atoms with Crippen molar-refractivity contribution in [1.29, 1.82) is 0 Å². The van der Waals surface area contributed by atoms with E-state index in [9.17, 15) is 22.8 Å². The molecule has 25 heavy (non-hydrogen) atoms. The lowest BCUT2D eigenvalue weighted by atomic mass is 10.1. The van der Waals surface area contributed by atoms with Crippen molar-refractivity contribution in [3.63, 3.8) is 0 Å². The van der Waals surface area contributed by atoms with Crippen LogP contribution in [0, 0.1) is 0 Å². The van der Waals surface area contributed by atoms with E-state index in [0.717, 1.165) is 5.56 Å². The van der Waals surface area contributed by atoms with Gasteiger partial charge in [-0.3, -0.25) is 9.59 Å². The first-order valence-corrected chi connectivity index (χ1v) is 6.92. The Morgan fingerprint density at radius 3 is 2.40 bits per heavy atom.